The summed E-state index contributed by atoms with van der Waals surface area (Å²) in [5.74, 6) is 1.71. The van der Waals surface area contributed by atoms with Gasteiger partial charge in [0.2, 0.25) is 5.89 Å². The first-order valence-electron chi connectivity index (χ1n) is 8.93. The molecule has 0 aliphatic rings. The lowest BCUT2D eigenvalue weighted by atomic mass is 10.0. The van der Waals surface area contributed by atoms with Gasteiger partial charge in [-0.3, -0.25) is 0 Å². The first kappa shape index (κ1) is 18.7. The molecule has 0 spiro atoms. The van der Waals surface area contributed by atoms with Gasteiger partial charge in [0, 0.05) is 5.56 Å². The van der Waals surface area contributed by atoms with E-state index in [1.54, 1.807) is 6.92 Å². The van der Waals surface area contributed by atoms with Gasteiger partial charge in [-0.05, 0) is 36.6 Å². The van der Waals surface area contributed by atoms with Crippen molar-refractivity contribution < 1.29 is 18.7 Å². The van der Waals surface area contributed by atoms with E-state index in [-0.39, 0.29) is 13.2 Å². The Morgan fingerprint density at radius 2 is 1.78 bits per heavy atom. The van der Waals surface area contributed by atoms with Gasteiger partial charge < -0.3 is 13.9 Å². The van der Waals surface area contributed by atoms with E-state index in [1.165, 1.54) is 0 Å². The molecule has 1 heterocycles. The van der Waals surface area contributed by atoms with E-state index in [1.807, 2.05) is 54.6 Å². The van der Waals surface area contributed by atoms with Crippen LogP contribution in [0.4, 0.5) is 0 Å². The van der Waals surface area contributed by atoms with Gasteiger partial charge in [0.15, 0.2) is 6.61 Å². The van der Waals surface area contributed by atoms with Gasteiger partial charge in [0.1, 0.15) is 23.8 Å². The molecular weight excluding hydrogens is 342 g/mol. The highest BCUT2D eigenvalue weighted by molar-refractivity contribution is 5.71. The fourth-order valence-corrected chi connectivity index (χ4v) is 2.68. The molecule has 0 fully saturated rings. The van der Waals surface area contributed by atoms with Crippen molar-refractivity contribution in [3.63, 3.8) is 0 Å². The Kier molecular flexibility index (Phi) is 5.91. The van der Waals surface area contributed by atoms with Gasteiger partial charge >= 0.3 is 5.97 Å². The van der Waals surface area contributed by atoms with Crippen LogP contribution < -0.4 is 4.74 Å². The number of benzene rings is 2. The molecule has 0 aliphatic heterocycles. The first-order valence-corrected chi connectivity index (χ1v) is 8.93. The number of esters is 1. The zero-order chi connectivity index (χ0) is 19.2. The Morgan fingerprint density at radius 1 is 1.07 bits per heavy atom. The maximum atomic E-state index is 12.1. The number of oxazole rings is 1. The van der Waals surface area contributed by atoms with Gasteiger partial charge in [0.05, 0.1) is 0 Å². The molecule has 1 aromatic heterocycles. The largest absolute Gasteiger partial charge is 0.482 e. The highest BCUT2D eigenvalue weighted by Crippen LogP contribution is 2.26. The van der Waals surface area contributed by atoms with E-state index in [4.69, 9.17) is 13.9 Å². The molecule has 0 N–H and O–H groups in total. The maximum Gasteiger partial charge on any atom is 0.344 e. The third-order valence-corrected chi connectivity index (χ3v) is 4.17. The number of aryl methyl sites for hydroxylation is 1. The summed E-state index contributed by atoms with van der Waals surface area (Å²) in [7, 11) is 0. The van der Waals surface area contributed by atoms with Gasteiger partial charge in [-0.2, -0.15) is 0 Å². The van der Waals surface area contributed by atoms with E-state index < -0.39 is 5.97 Å². The molecule has 5 nitrogen and oxygen atoms in total. The lowest BCUT2D eigenvalue weighted by Gasteiger charge is -2.13. The van der Waals surface area contributed by atoms with E-state index >= 15 is 0 Å². The van der Waals surface area contributed by atoms with Crippen LogP contribution in [-0.4, -0.2) is 17.6 Å². The summed E-state index contributed by atoms with van der Waals surface area (Å²) < 4.78 is 16.6. The molecule has 0 aliphatic carbocycles. The quantitative estimate of drug-likeness (QED) is 0.558. The van der Waals surface area contributed by atoms with Crippen LogP contribution in [0, 0.1) is 6.92 Å². The number of para-hydroxylation sites is 1. The molecule has 140 valence electrons. The van der Waals surface area contributed by atoms with Crippen molar-refractivity contribution in [1.82, 2.24) is 4.98 Å². The van der Waals surface area contributed by atoms with E-state index in [0.717, 1.165) is 11.1 Å². The second-order valence-electron chi connectivity index (χ2n) is 6.53. The Labute approximate surface area is 159 Å². The zero-order valence-electron chi connectivity index (χ0n) is 15.8. The average molecular weight is 365 g/mol. The van der Waals surface area contributed by atoms with Gasteiger partial charge in [0.25, 0.3) is 0 Å². The Balaban J connectivity index is 1.56. The minimum atomic E-state index is -0.447. The third kappa shape index (κ3) is 4.76. The van der Waals surface area contributed by atoms with Crippen molar-refractivity contribution in [3.05, 3.63) is 71.6 Å². The molecule has 27 heavy (non-hydrogen) atoms. The molecule has 0 amide bonds. The standard InChI is InChI=1S/C22H23NO4/c1-15(2)18-11-7-8-12-20(18)25-14-21(24)26-13-19-16(3)27-22(23-19)17-9-5-4-6-10-17/h4-12,15H,13-14H2,1-3H3. The van der Waals surface area contributed by atoms with Crippen molar-refractivity contribution in [2.75, 3.05) is 6.61 Å². The predicted octanol–water partition coefficient (Wildman–Crippen LogP) is 4.90. The van der Waals surface area contributed by atoms with Crippen molar-refractivity contribution >= 4 is 5.97 Å². The van der Waals surface area contributed by atoms with Crippen LogP contribution >= 0.6 is 0 Å². The van der Waals surface area contributed by atoms with Crippen LogP contribution in [0.3, 0.4) is 0 Å². The van der Waals surface area contributed by atoms with Crippen molar-refractivity contribution in [2.45, 2.75) is 33.3 Å². The van der Waals surface area contributed by atoms with Crippen LogP contribution in [0.2, 0.25) is 0 Å². The van der Waals surface area contributed by atoms with Gasteiger partial charge in [-0.25, -0.2) is 9.78 Å². The summed E-state index contributed by atoms with van der Waals surface area (Å²) in [4.78, 5) is 16.5. The molecule has 0 saturated carbocycles. The SMILES string of the molecule is Cc1oc(-c2ccccc2)nc1COC(=O)COc1ccccc1C(C)C. The van der Waals surface area contributed by atoms with Gasteiger partial charge in [-0.15, -0.1) is 0 Å². The molecule has 3 aromatic rings. The Bertz CT molecular complexity index is 900. The topological polar surface area (TPSA) is 61.6 Å². The smallest absolute Gasteiger partial charge is 0.344 e. The fourth-order valence-electron chi connectivity index (χ4n) is 2.68. The molecule has 0 bridgehead atoms. The van der Waals surface area contributed by atoms with Crippen molar-refractivity contribution in [2.24, 2.45) is 0 Å². The molecule has 0 unspecified atom stereocenters. The van der Waals surface area contributed by atoms with E-state index in [0.29, 0.717) is 29.0 Å². The summed E-state index contributed by atoms with van der Waals surface area (Å²) in [6.45, 7) is 5.87. The number of hydrogen-bond donors (Lipinski definition) is 0. The van der Waals surface area contributed by atoms with Crippen molar-refractivity contribution in [3.8, 4) is 17.2 Å². The lowest BCUT2D eigenvalue weighted by molar-refractivity contribution is -0.147. The van der Waals surface area contributed by atoms with Crippen LogP contribution in [0.25, 0.3) is 11.5 Å². The number of hydrogen-bond acceptors (Lipinski definition) is 5. The minimum absolute atomic E-state index is 0.0518. The number of aromatic nitrogens is 1. The summed E-state index contributed by atoms with van der Waals surface area (Å²) in [6, 6.07) is 17.3. The number of rotatable bonds is 7. The molecule has 0 radical (unpaired) electrons. The normalized spacial score (nSPS) is 10.8. The van der Waals surface area contributed by atoms with E-state index in [2.05, 4.69) is 18.8 Å². The van der Waals surface area contributed by atoms with E-state index in [9.17, 15) is 4.79 Å². The first-order chi connectivity index (χ1) is 13.0. The van der Waals surface area contributed by atoms with Crippen LogP contribution in [-0.2, 0) is 16.1 Å². The van der Waals surface area contributed by atoms with Crippen LogP contribution in [0.5, 0.6) is 5.75 Å². The maximum absolute atomic E-state index is 12.1. The zero-order valence-corrected chi connectivity index (χ0v) is 15.8. The minimum Gasteiger partial charge on any atom is -0.482 e. The lowest BCUT2D eigenvalue weighted by Crippen LogP contribution is -2.15. The highest BCUT2D eigenvalue weighted by Gasteiger charge is 2.14. The Hall–Kier alpha value is -3.08. The monoisotopic (exact) mass is 365 g/mol. The number of carbonyl (C=O) groups excluding carboxylic acids is 1. The average Bonchev–Trinajstić information content (AvgIpc) is 3.06. The molecule has 0 saturated heterocycles. The van der Waals surface area contributed by atoms with Crippen LogP contribution in [0.1, 0.15) is 36.8 Å². The highest BCUT2D eigenvalue weighted by atomic mass is 16.6. The molecule has 5 heteroatoms. The molecule has 2 aromatic carbocycles. The second-order valence-corrected chi connectivity index (χ2v) is 6.53. The molecular formula is C22H23NO4. The Morgan fingerprint density at radius 3 is 2.52 bits per heavy atom. The predicted molar refractivity (Wildman–Crippen MR) is 102 cm³/mol. The summed E-state index contributed by atoms with van der Waals surface area (Å²) in [6.07, 6.45) is 0. The number of carbonyl (C=O) groups is 1. The van der Waals surface area contributed by atoms with Crippen molar-refractivity contribution in [1.29, 1.82) is 0 Å². The molecule has 3 rings (SSSR count). The van der Waals surface area contributed by atoms with Crippen LogP contribution in [0.15, 0.2) is 59.0 Å². The molecule has 0 atom stereocenters. The number of ether oxygens (including phenoxy) is 2. The summed E-state index contributed by atoms with van der Waals surface area (Å²) >= 11 is 0. The summed E-state index contributed by atoms with van der Waals surface area (Å²) in [5.41, 5.74) is 2.54. The second kappa shape index (κ2) is 8.54. The van der Waals surface area contributed by atoms with Gasteiger partial charge in [-0.1, -0.05) is 50.2 Å². The third-order valence-electron chi connectivity index (χ3n) is 4.17. The fraction of sp³-hybridized carbons (Fsp3) is 0.273. The number of nitrogens with zero attached hydrogens (tertiary/aromatic N) is 1. The summed E-state index contributed by atoms with van der Waals surface area (Å²) in [5, 5.41) is 0.